The third kappa shape index (κ3) is 7.11. The maximum absolute atomic E-state index is 14.1. The van der Waals surface area contributed by atoms with Gasteiger partial charge in [0.15, 0.2) is 5.69 Å². The number of benzene rings is 2. The zero-order valence-electron chi connectivity index (χ0n) is 23.6. The SMILES string of the molecule is C.COC(=O)c1ccc([C@H](C)N)cc1.Nc1c(Nc2cc(CNC(=O)c3cc(C(=O)O)n4nnc(O)c4n3)ccc2F)c(=O)c1=O. The highest BCUT2D eigenvalue weighted by Gasteiger charge is 2.21. The fourth-order valence-electron chi connectivity index (χ4n) is 3.89. The largest absolute Gasteiger partial charge is 0.489 e. The summed E-state index contributed by atoms with van der Waals surface area (Å²) >= 11 is 0. The van der Waals surface area contributed by atoms with Crippen molar-refractivity contribution in [2.45, 2.75) is 26.9 Å². The number of nitrogen functional groups attached to an aromatic ring is 1. The van der Waals surface area contributed by atoms with E-state index in [2.05, 4.69) is 30.7 Å². The Morgan fingerprint density at radius 3 is 2.35 bits per heavy atom. The number of aromatic hydroxyl groups is 1. The fourth-order valence-corrected chi connectivity index (χ4v) is 3.89. The number of carboxylic acids is 1. The van der Waals surface area contributed by atoms with Crippen molar-refractivity contribution in [2.75, 3.05) is 18.2 Å². The summed E-state index contributed by atoms with van der Waals surface area (Å²) in [5.74, 6) is -3.93. The van der Waals surface area contributed by atoms with Crippen molar-refractivity contribution >= 4 is 40.6 Å². The van der Waals surface area contributed by atoms with E-state index in [0.717, 1.165) is 22.2 Å². The van der Waals surface area contributed by atoms with Crippen molar-refractivity contribution in [2.24, 2.45) is 5.73 Å². The predicted molar refractivity (Wildman–Crippen MR) is 163 cm³/mol. The molecule has 1 atom stereocenters. The number of nitrogens with one attached hydrogen (secondary N) is 2. The van der Waals surface area contributed by atoms with Crippen LogP contribution in [-0.4, -0.2) is 55.0 Å². The number of carbonyl (C=O) groups is 3. The number of esters is 1. The van der Waals surface area contributed by atoms with E-state index >= 15 is 0 Å². The number of fused-ring (bicyclic) bond motifs is 1. The lowest BCUT2D eigenvalue weighted by Gasteiger charge is -2.12. The maximum Gasteiger partial charge on any atom is 0.354 e. The molecule has 0 aliphatic carbocycles. The van der Waals surface area contributed by atoms with E-state index in [-0.39, 0.29) is 54.4 Å². The third-order valence-corrected chi connectivity index (χ3v) is 6.36. The standard InChI is InChI=1S/C18H12FN7O6.C10H13NO2.CH4/c19-7-2-1-6(3-8(7)22-12-11(20)13(27)14(12)28)5-21-16(29)9-4-10(18(31)32)26-15(23-9)17(30)24-25-26;1-7(11)8-3-5-9(6-4-8)10(12)13-2;/h1-4,22,30H,5,20H2,(H,21,29)(H,31,32);3-7H,11H2,1-2H3;1H4/t;7-;/m.0./s1. The Kier molecular flexibility index (Phi) is 10.5. The minimum Gasteiger partial charge on any atom is -0.489 e. The van der Waals surface area contributed by atoms with Gasteiger partial charge in [0.1, 0.15) is 22.9 Å². The quantitative estimate of drug-likeness (QED) is 0.105. The number of hydrogen-bond acceptors (Lipinski definition) is 13. The number of amides is 1. The lowest BCUT2D eigenvalue weighted by Crippen LogP contribution is -2.36. The molecule has 240 valence electrons. The number of ether oxygens (including phenoxy) is 1. The Labute approximate surface area is 259 Å². The van der Waals surface area contributed by atoms with Crippen molar-refractivity contribution in [1.29, 1.82) is 0 Å². The third-order valence-electron chi connectivity index (χ3n) is 6.36. The van der Waals surface area contributed by atoms with Gasteiger partial charge in [-0.15, -0.1) is 0 Å². The molecule has 5 aromatic rings. The molecule has 0 saturated heterocycles. The van der Waals surface area contributed by atoms with Crippen LogP contribution in [0.4, 0.5) is 21.5 Å². The normalized spacial score (nSPS) is 11.1. The molecule has 0 unspecified atom stereocenters. The highest BCUT2D eigenvalue weighted by atomic mass is 19.1. The first-order valence-corrected chi connectivity index (χ1v) is 12.9. The van der Waals surface area contributed by atoms with Gasteiger partial charge in [-0.1, -0.05) is 35.9 Å². The van der Waals surface area contributed by atoms with Crippen LogP contribution in [0.2, 0.25) is 0 Å². The smallest absolute Gasteiger partial charge is 0.354 e. The molecule has 5 rings (SSSR count). The number of methoxy groups -OCH3 is 1. The number of aromatic nitrogens is 4. The molecular weight excluding hydrogens is 607 g/mol. The van der Waals surface area contributed by atoms with Crippen LogP contribution in [0.1, 0.15) is 62.9 Å². The zero-order valence-corrected chi connectivity index (χ0v) is 23.6. The van der Waals surface area contributed by atoms with Crippen molar-refractivity contribution in [3.63, 3.8) is 0 Å². The molecule has 3 aromatic carbocycles. The average Bonchev–Trinajstić information content (AvgIpc) is 3.42. The minimum atomic E-state index is -1.43. The number of nitrogens with two attached hydrogens (primary N) is 2. The van der Waals surface area contributed by atoms with Crippen LogP contribution in [0.5, 0.6) is 5.88 Å². The van der Waals surface area contributed by atoms with Crippen LogP contribution < -0.4 is 33.0 Å². The topological polar surface area (TPSA) is 254 Å². The molecule has 0 saturated carbocycles. The van der Waals surface area contributed by atoms with E-state index in [1.165, 1.54) is 19.2 Å². The summed E-state index contributed by atoms with van der Waals surface area (Å²) in [5.41, 5.74) is 9.53. The number of carbonyl (C=O) groups excluding carboxylic acids is 2. The molecule has 0 radical (unpaired) electrons. The summed E-state index contributed by atoms with van der Waals surface area (Å²) in [7, 11) is 1.36. The highest BCUT2D eigenvalue weighted by Crippen LogP contribution is 2.23. The van der Waals surface area contributed by atoms with Crippen molar-refractivity contribution in [3.8, 4) is 5.88 Å². The van der Waals surface area contributed by atoms with Crippen LogP contribution in [0.3, 0.4) is 0 Å². The van der Waals surface area contributed by atoms with Gasteiger partial charge in [0.2, 0.25) is 5.65 Å². The molecule has 1 amide bonds. The van der Waals surface area contributed by atoms with Gasteiger partial charge in [0, 0.05) is 18.7 Å². The second kappa shape index (κ2) is 14.0. The molecular formula is C29H29FN8O8. The molecule has 0 fully saturated rings. The van der Waals surface area contributed by atoms with Crippen molar-refractivity contribution in [1.82, 2.24) is 25.1 Å². The van der Waals surface area contributed by atoms with Crippen LogP contribution in [0, 0.1) is 5.82 Å². The van der Waals surface area contributed by atoms with Gasteiger partial charge in [-0.05, 0) is 42.3 Å². The van der Waals surface area contributed by atoms with Crippen LogP contribution in [0.25, 0.3) is 5.65 Å². The number of anilines is 3. The summed E-state index contributed by atoms with van der Waals surface area (Å²) in [6.45, 7) is 1.76. The van der Waals surface area contributed by atoms with Gasteiger partial charge < -0.3 is 37.1 Å². The van der Waals surface area contributed by atoms with Gasteiger partial charge in [-0.2, -0.15) is 4.52 Å². The number of nitrogens with zero attached hydrogens (tertiary/aromatic N) is 4. The first kappa shape index (κ1) is 34.3. The van der Waals surface area contributed by atoms with E-state index in [1.807, 2.05) is 19.1 Å². The van der Waals surface area contributed by atoms with Crippen LogP contribution in [0.15, 0.2) is 58.1 Å². The number of rotatable bonds is 8. The summed E-state index contributed by atoms with van der Waals surface area (Å²) < 4.78 is 19.4. The van der Waals surface area contributed by atoms with Gasteiger partial charge in [-0.25, -0.2) is 19.0 Å². The van der Waals surface area contributed by atoms with E-state index < -0.39 is 40.1 Å². The first-order valence-electron chi connectivity index (χ1n) is 12.9. The van der Waals surface area contributed by atoms with Gasteiger partial charge >= 0.3 is 11.9 Å². The summed E-state index contributed by atoms with van der Waals surface area (Å²) in [6, 6.07) is 11.8. The highest BCUT2D eigenvalue weighted by molar-refractivity contribution is 5.96. The molecule has 16 nitrogen and oxygen atoms in total. The van der Waals surface area contributed by atoms with Crippen LogP contribution in [-0.2, 0) is 11.3 Å². The summed E-state index contributed by atoms with van der Waals surface area (Å²) in [4.78, 5) is 61.5. The Morgan fingerprint density at radius 2 is 1.76 bits per heavy atom. The molecule has 2 aromatic heterocycles. The second-order valence-electron chi connectivity index (χ2n) is 9.45. The number of carboxylic acid groups (broad SMARTS) is 1. The molecule has 0 bridgehead atoms. The molecule has 46 heavy (non-hydrogen) atoms. The number of halogens is 1. The Hall–Kier alpha value is -6.23. The van der Waals surface area contributed by atoms with Gasteiger partial charge in [-0.3, -0.25) is 14.4 Å². The second-order valence-corrected chi connectivity index (χ2v) is 9.45. The van der Waals surface area contributed by atoms with Crippen LogP contribution >= 0.6 is 0 Å². The van der Waals surface area contributed by atoms with E-state index in [9.17, 15) is 38.6 Å². The molecule has 2 heterocycles. The number of aromatic carboxylic acids is 1. The summed E-state index contributed by atoms with van der Waals surface area (Å²) in [6.07, 6.45) is 0. The van der Waals surface area contributed by atoms with E-state index in [0.29, 0.717) is 11.1 Å². The fraction of sp³-hybridized carbons (Fsp3) is 0.172. The molecule has 0 spiro atoms. The zero-order chi connectivity index (χ0) is 33.0. The predicted octanol–water partition coefficient (Wildman–Crippen LogP) is 1.65. The molecule has 0 aliphatic rings. The first-order chi connectivity index (χ1) is 21.3. The van der Waals surface area contributed by atoms with E-state index in [1.54, 1.807) is 12.1 Å². The van der Waals surface area contributed by atoms with Crippen molar-refractivity contribution in [3.05, 3.63) is 103 Å². The van der Waals surface area contributed by atoms with E-state index in [4.69, 9.17) is 11.5 Å². The average molecular weight is 637 g/mol. The van der Waals surface area contributed by atoms with Gasteiger partial charge in [0.25, 0.3) is 22.6 Å². The molecule has 0 aliphatic heterocycles. The monoisotopic (exact) mass is 636 g/mol. The number of hydrogen-bond donors (Lipinski definition) is 6. The lowest BCUT2D eigenvalue weighted by molar-refractivity contribution is 0.0599. The Morgan fingerprint density at radius 1 is 1.09 bits per heavy atom. The molecule has 8 N–H and O–H groups in total. The van der Waals surface area contributed by atoms with Gasteiger partial charge in [0.05, 0.1) is 18.4 Å². The van der Waals surface area contributed by atoms with Crippen molar-refractivity contribution < 1.29 is 33.7 Å². The lowest BCUT2D eigenvalue weighted by atomic mass is 10.1. The summed E-state index contributed by atoms with van der Waals surface area (Å²) in [5, 5.41) is 30.6. The Balaban J connectivity index is 0.000000347. The molecule has 17 heteroatoms. The Bertz CT molecular complexity index is 2000. The minimum absolute atomic E-state index is 0. The maximum atomic E-state index is 14.1.